The second kappa shape index (κ2) is 6.49. The van der Waals surface area contributed by atoms with Crippen LogP contribution in [0.15, 0.2) is 36.4 Å². The van der Waals surface area contributed by atoms with Gasteiger partial charge in [0.25, 0.3) is 5.91 Å². The molecule has 7 heteroatoms. The lowest BCUT2D eigenvalue weighted by Gasteiger charge is -2.10. The Balaban J connectivity index is 2.24. The van der Waals surface area contributed by atoms with Crippen LogP contribution in [-0.4, -0.2) is 23.1 Å². The van der Waals surface area contributed by atoms with E-state index in [2.05, 4.69) is 5.32 Å². The summed E-state index contributed by atoms with van der Waals surface area (Å²) in [4.78, 5) is 12.2. The highest BCUT2D eigenvalue weighted by molar-refractivity contribution is 6.62. The fraction of sp³-hybridized carbons (Fsp3) is 0.0714. The zero-order chi connectivity index (χ0) is 15.6. The molecule has 0 fully saturated rings. The molecule has 0 radical (unpaired) electrons. The van der Waals surface area contributed by atoms with Crippen LogP contribution in [0, 0.1) is 6.92 Å². The fourth-order valence-electron chi connectivity index (χ4n) is 1.80. The number of carbonyl (C=O) groups excluding carboxylic acids is 1. The molecule has 21 heavy (non-hydrogen) atoms. The van der Waals surface area contributed by atoms with Gasteiger partial charge in [-0.05, 0) is 36.8 Å². The van der Waals surface area contributed by atoms with Crippen LogP contribution in [0.3, 0.4) is 0 Å². The van der Waals surface area contributed by atoms with Crippen molar-refractivity contribution in [3.8, 4) is 0 Å². The van der Waals surface area contributed by atoms with Gasteiger partial charge in [0.2, 0.25) is 0 Å². The lowest BCUT2D eigenvalue weighted by atomic mass is 9.80. The second-order valence-electron chi connectivity index (χ2n) is 4.52. The molecule has 0 saturated carbocycles. The van der Waals surface area contributed by atoms with Gasteiger partial charge < -0.3 is 15.4 Å². The summed E-state index contributed by atoms with van der Waals surface area (Å²) in [7, 11) is -1.68. The average Bonchev–Trinajstić information content (AvgIpc) is 2.42. The predicted molar refractivity (Wildman–Crippen MR) is 85.4 cm³/mol. The van der Waals surface area contributed by atoms with E-state index in [-0.39, 0.29) is 16.4 Å². The van der Waals surface area contributed by atoms with E-state index in [1.165, 1.54) is 18.2 Å². The first-order chi connectivity index (χ1) is 9.88. The van der Waals surface area contributed by atoms with E-state index in [1.54, 1.807) is 18.2 Å². The summed E-state index contributed by atoms with van der Waals surface area (Å²) in [5.41, 5.74) is 1.94. The summed E-state index contributed by atoms with van der Waals surface area (Å²) < 4.78 is 0. The topological polar surface area (TPSA) is 69.6 Å². The molecule has 2 rings (SSSR count). The van der Waals surface area contributed by atoms with Gasteiger partial charge in [0.15, 0.2) is 0 Å². The first-order valence-electron chi connectivity index (χ1n) is 6.11. The lowest BCUT2D eigenvalue weighted by Crippen LogP contribution is -2.31. The quantitative estimate of drug-likeness (QED) is 0.759. The maximum absolute atomic E-state index is 12.2. The summed E-state index contributed by atoms with van der Waals surface area (Å²) in [6.07, 6.45) is 0. The Kier molecular flexibility index (Phi) is 4.90. The molecule has 0 saturated heterocycles. The van der Waals surface area contributed by atoms with Crippen LogP contribution in [-0.2, 0) is 0 Å². The van der Waals surface area contributed by atoms with Crippen LogP contribution in [0.1, 0.15) is 15.9 Å². The average molecular weight is 324 g/mol. The summed E-state index contributed by atoms with van der Waals surface area (Å²) in [5.74, 6) is -0.360. The van der Waals surface area contributed by atoms with Crippen molar-refractivity contribution in [3.05, 3.63) is 57.6 Å². The molecule has 0 aliphatic carbocycles. The number of aryl methyl sites for hydroxylation is 1. The number of hydrogen-bond acceptors (Lipinski definition) is 3. The molecule has 2 aromatic rings. The van der Waals surface area contributed by atoms with E-state index >= 15 is 0 Å². The van der Waals surface area contributed by atoms with Gasteiger partial charge in [0, 0.05) is 26.8 Å². The van der Waals surface area contributed by atoms with Crippen LogP contribution < -0.4 is 10.8 Å². The first kappa shape index (κ1) is 15.9. The van der Waals surface area contributed by atoms with Crippen molar-refractivity contribution in [2.45, 2.75) is 6.92 Å². The maximum Gasteiger partial charge on any atom is 0.489 e. The fourth-order valence-corrected chi connectivity index (χ4v) is 2.25. The maximum atomic E-state index is 12.2. The molecular weight excluding hydrogens is 312 g/mol. The van der Waals surface area contributed by atoms with E-state index < -0.39 is 7.12 Å². The number of anilines is 1. The van der Waals surface area contributed by atoms with Crippen LogP contribution in [0.5, 0.6) is 0 Å². The van der Waals surface area contributed by atoms with Gasteiger partial charge in [-0.15, -0.1) is 0 Å². The molecule has 1 amide bonds. The van der Waals surface area contributed by atoms with Crippen molar-refractivity contribution in [2.24, 2.45) is 0 Å². The molecule has 0 aliphatic rings. The number of rotatable bonds is 3. The minimum Gasteiger partial charge on any atom is -0.423 e. The van der Waals surface area contributed by atoms with Crippen molar-refractivity contribution in [1.29, 1.82) is 0 Å². The summed E-state index contributed by atoms with van der Waals surface area (Å²) in [5, 5.41) is 21.6. The second-order valence-corrected chi connectivity index (χ2v) is 5.37. The van der Waals surface area contributed by atoms with Crippen molar-refractivity contribution < 1.29 is 14.8 Å². The Morgan fingerprint density at radius 2 is 1.86 bits per heavy atom. The van der Waals surface area contributed by atoms with Gasteiger partial charge in [0.05, 0.1) is 0 Å². The summed E-state index contributed by atoms with van der Waals surface area (Å²) in [6.45, 7) is 1.85. The van der Waals surface area contributed by atoms with Crippen LogP contribution in [0.25, 0.3) is 0 Å². The molecule has 3 N–H and O–H groups in total. The highest BCUT2D eigenvalue weighted by Gasteiger charge is 2.17. The normalized spacial score (nSPS) is 10.3. The minimum absolute atomic E-state index is 0.112. The molecule has 0 aliphatic heterocycles. The van der Waals surface area contributed by atoms with Gasteiger partial charge in [-0.25, -0.2) is 0 Å². The van der Waals surface area contributed by atoms with Crippen molar-refractivity contribution in [2.75, 3.05) is 5.32 Å². The number of halogens is 2. The van der Waals surface area contributed by atoms with E-state index in [0.717, 1.165) is 5.56 Å². The smallest absolute Gasteiger partial charge is 0.423 e. The van der Waals surface area contributed by atoms with Gasteiger partial charge in [-0.3, -0.25) is 4.79 Å². The van der Waals surface area contributed by atoms with E-state index in [9.17, 15) is 4.79 Å². The first-order valence-corrected chi connectivity index (χ1v) is 6.87. The lowest BCUT2D eigenvalue weighted by molar-refractivity contribution is 0.102. The van der Waals surface area contributed by atoms with Gasteiger partial charge in [-0.2, -0.15) is 0 Å². The highest BCUT2D eigenvalue weighted by atomic mass is 35.5. The van der Waals surface area contributed by atoms with Gasteiger partial charge in [0.1, 0.15) is 0 Å². The standard InChI is InChI=1S/C14H12BCl2NO3/c1-8-2-4-10(16)7-13(8)18-14(19)9-3-5-11(15(20)21)12(17)6-9/h2-7,20-21H,1H3,(H,18,19). The number of hydrogen-bond donors (Lipinski definition) is 3. The molecule has 0 bridgehead atoms. The minimum atomic E-state index is -1.68. The van der Waals surface area contributed by atoms with Crippen molar-refractivity contribution in [3.63, 3.8) is 0 Å². The van der Waals surface area contributed by atoms with Gasteiger partial charge >= 0.3 is 7.12 Å². The van der Waals surface area contributed by atoms with Crippen molar-refractivity contribution >= 4 is 47.4 Å². The Hall–Kier alpha value is -1.53. The molecule has 2 aromatic carbocycles. The predicted octanol–water partition coefficient (Wildman–Crippen LogP) is 2.23. The van der Waals surface area contributed by atoms with Crippen LogP contribution in [0.4, 0.5) is 5.69 Å². The Morgan fingerprint density at radius 1 is 1.14 bits per heavy atom. The molecular formula is C14H12BCl2NO3. The van der Waals surface area contributed by atoms with Crippen molar-refractivity contribution in [1.82, 2.24) is 0 Å². The molecule has 0 spiro atoms. The third-order valence-electron chi connectivity index (χ3n) is 2.99. The summed E-state index contributed by atoms with van der Waals surface area (Å²) in [6, 6.07) is 9.44. The monoisotopic (exact) mass is 323 g/mol. The third kappa shape index (κ3) is 3.77. The molecule has 0 unspecified atom stereocenters. The summed E-state index contributed by atoms with van der Waals surface area (Å²) >= 11 is 11.8. The Bertz CT molecular complexity index is 692. The number of amides is 1. The van der Waals surface area contributed by atoms with Crippen LogP contribution >= 0.6 is 23.2 Å². The van der Waals surface area contributed by atoms with E-state index in [0.29, 0.717) is 16.3 Å². The molecule has 0 aromatic heterocycles. The molecule has 4 nitrogen and oxygen atoms in total. The number of nitrogens with one attached hydrogen (secondary N) is 1. The Labute approximate surface area is 132 Å². The zero-order valence-corrected chi connectivity index (χ0v) is 12.6. The largest absolute Gasteiger partial charge is 0.489 e. The number of benzene rings is 2. The van der Waals surface area contributed by atoms with Crippen LogP contribution in [0.2, 0.25) is 10.0 Å². The van der Waals surface area contributed by atoms with Gasteiger partial charge in [-0.1, -0.05) is 35.3 Å². The molecule has 0 atom stereocenters. The molecule has 108 valence electrons. The third-order valence-corrected chi connectivity index (χ3v) is 3.55. The SMILES string of the molecule is Cc1ccc(Cl)cc1NC(=O)c1ccc(B(O)O)c(Cl)c1. The highest BCUT2D eigenvalue weighted by Crippen LogP contribution is 2.21. The Morgan fingerprint density at radius 3 is 2.48 bits per heavy atom. The van der Waals surface area contributed by atoms with E-state index in [4.69, 9.17) is 33.2 Å². The molecule has 0 heterocycles. The van der Waals surface area contributed by atoms with E-state index in [1.807, 2.05) is 6.92 Å². The number of carbonyl (C=O) groups is 1. The zero-order valence-electron chi connectivity index (χ0n) is 11.1.